The number of benzene rings is 1. The van der Waals surface area contributed by atoms with Crippen LogP contribution in [0.4, 0.5) is 0 Å². The van der Waals surface area contributed by atoms with Gasteiger partial charge in [0.05, 0.1) is 11.2 Å². The molecular weight excluding hydrogens is 278 g/mol. The highest BCUT2D eigenvalue weighted by Crippen LogP contribution is 2.62. The first-order valence-electron chi connectivity index (χ1n) is 12.4. The molecule has 4 atom stereocenters. The van der Waals surface area contributed by atoms with Crippen molar-refractivity contribution < 1.29 is 28.0 Å². The van der Waals surface area contributed by atoms with Crippen molar-refractivity contribution in [1.82, 2.24) is 4.90 Å². The van der Waals surface area contributed by atoms with Crippen molar-refractivity contribution in [1.29, 1.82) is 0 Å². The van der Waals surface area contributed by atoms with Crippen LogP contribution in [0.5, 0.6) is 11.5 Å². The van der Waals surface area contributed by atoms with E-state index in [-0.39, 0.29) is 36.4 Å². The number of hydrogen-bond donors (Lipinski definition) is 0. The number of piperidine rings is 1. The van der Waals surface area contributed by atoms with Crippen LogP contribution in [-0.2, 0) is 16.6 Å². The second-order valence-electron chi connectivity index (χ2n) is 6.34. The Balaban J connectivity index is 1.81. The molecule has 1 spiro atoms. The summed E-state index contributed by atoms with van der Waals surface area (Å²) in [5, 5.41) is 0. The predicted molar refractivity (Wildman–Crippen MR) is 81.6 cm³/mol. The molecule has 2 aliphatic carbocycles. The van der Waals surface area contributed by atoms with Crippen LogP contribution in [0.25, 0.3) is 0 Å². The van der Waals surface area contributed by atoms with Crippen LogP contribution in [0.15, 0.2) is 12.1 Å². The minimum absolute atomic E-state index is 0.0451. The maximum absolute atomic E-state index is 13.1. The second kappa shape index (κ2) is 4.05. The molecule has 22 heavy (non-hydrogen) atoms. The standard InChI is InChI=1S/C18H21NO3/c1-19-8-7-18-11-4-5-13(20)17(18)22-16-14(21-2)6-3-10(15(16)18)9-12(11)19/h3,6,11-12,17H,4-5,7-9H2,1-2H3/t11-,12+,17?,18-/m0/s1/i1D3,2D3,5D2,9D2. The highest BCUT2D eigenvalue weighted by atomic mass is 16.5. The minimum Gasteiger partial charge on any atom is -0.493 e. The summed E-state index contributed by atoms with van der Waals surface area (Å²) < 4.78 is 91.7. The fraction of sp³-hybridized carbons (Fsp3) is 0.611. The quantitative estimate of drug-likeness (QED) is 0.795. The molecule has 1 saturated heterocycles. The van der Waals surface area contributed by atoms with Crippen LogP contribution >= 0.6 is 0 Å². The van der Waals surface area contributed by atoms with Gasteiger partial charge < -0.3 is 14.4 Å². The molecule has 1 aromatic carbocycles. The Kier molecular flexibility index (Phi) is 1.20. The zero-order chi connectivity index (χ0) is 23.6. The summed E-state index contributed by atoms with van der Waals surface area (Å²) >= 11 is 0. The first-order chi connectivity index (χ1) is 14.5. The molecule has 4 nitrogen and oxygen atoms in total. The zero-order valence-corrected chi connectivity index (χ0v) is 11.7. The monoisotopic (exact) mass is 309 g/mol. The Morgan fingerprint density at radius 1 is 1.55 bits per heavy atom. The highest BCUT2D eigenvalue weighted by molar-refractivity contribution is 5.89. The minimum atomic E-state index is -2.82. The highest BCUT2D eigenvalue weighted by Gasteiger charge is 2.65. The summed E-state index contributed by atoms with van der Waals surface area (Å²) in [5.41, 5.74) is -0.720. The van der Waals surface area contributed by atoms with Crippen molar-refractivity contribution in [3.8, 4) is 11.5 Å². The molecule has 0 aromatic heterocycles. The van der Waals surface area contributed by atoms with Gasteiger partial charge in [0.25, 0.3) is 0 Å². The van der Waals surface area contributed by atoms with Gasteiger partial charge in [-0.25, -0.2) is 0 Å². The summed E-state index contributed by atoms with van der Waals surface area (Å²) in [6.07, 6.45) is -6.11. The summed E-state index contributed by atoms with van der Waals surface area (Å²) in [6, 6.07) is 1.40. The molecule has 1 unspecified atom stereocenters. The number of carbonyl (C=O) groups is 1. The number of nitrogens with zero attached hydrogens (tertiary/aromatic N) is 1. The average molecular weight is 309 g/mol. The van der Waals surface area contributed by atoms with Crippen molar-refractivity contribution in [2.45, 2.75) is 43.1 Å². The van der Waals surface area contributed by atoms with E-state index in [0.717, 1.165) is 4.90 Å². The maximum Gasteiger partial charge on any atom is 0.174 e. The Bertz CT molecular complexity index is 1020. The number of carbonyl (C=O) groups excluding carboxylic acids is 1. The van der Waals surface area contributed by atoms with E-state index >= 15 is 0 Å². The summed E-state index contributed by atoms with van der Waals surface area (Å²) in [5.74, 6) is -1.92. The lowest BCUT2D eigenvalue weighted by Crippen LogP contribution is -2.65. The van der Waals surface area contributed by atoms with Crippen LogP contribution in [0.1, 0.15) is 44.0 Å². The maximum atomic E-state index is 13.1. The number of hydrogen-bond acceptors (Lipinski definition) is 4. The van der Waals surface area contributed by atoms with Gasteiger partial charge in [0, 0.05) is 33.0 Å². The second-order valence-corrected chi connectivity index (χ2v) is 6.34. The molecule has 2 bridgehead atoms. The van der Waals surface area contributed by atoms with Gasteiger partial charge in [0.2, 0.25) is 0 Å². The number of methoxy groups -OCH3 is 1. The summed E-state index contributed by atoms with van der Waals surface area (Å²) in [7, 11) is -2.82. The molecule has 1 saturated carbocycles. The number of rotatable bonds is 1. The average Bonchev–Trinajstić information content (AvgIpc) is 2.95. The van der Waals surface area contributed by atoms with Crippen LogP contribution in [0.2, 0.25) is 0 Å². The van der Waals surface area contributed by atoms with Crippen LogP contribution < -0.4 is 9.47 Å². The Morgan fingerprint density at radius 2 is 2.50 bits per heavy atom. The van der Waals surface area contributed by atoms with Gasteiger partial charge in [-0.3, -0.25) is 4.79 Å². The van der Waals surface area contributed by atoms with E-state index < -0.39 is 56.0 Å². The molecule has 4 aliphatic rings. The molecule has 0 radical (unpaired) electrons. The molecule has 2 aliphatic heterocycles. The number of likely N-dealkylation sites (tertiary alicyclic amines) is 1. The van der Waals surface area contributed by atoms with Crippen molar-refractivity contribution in [2.75, 3.05) is 20.6 Å². The molecule has 4 heteroatoms. The topological polar surface area (TPSA) is 38.8 Å². The molecule has 1 aromatic rings. The Labute approximate surface area is 144 Å². The van der Waals surface area contributed by atoms with Gasteiger partial charge in [-0.2, -0.15) is 0 Å². The third-order valence-corrected chi connectivity index (χ3v) is 5.58. The largest absolute Gasteiger partial charge is 0.493 e. The molecule has 0 N–H and O–H groups in total. The van der Waals surface area contributed by atoms with Gasteiger partial charge in [-0.05, 0) is 50.3 Å². The van der Waals surface area contributed by atoms with Crippen molar-refractivity contribution in [3.63, 3.8) is 0 Å². The van der Waals surface area contributed by atoms with Gasteiger partial charge in [-0.1, -0.05) is 6.07 Å². The number of likely N-dealkylation sites (N-methyl/N-ethyl adjacent to an activating group) is 1. The van der Waals surface area contributed by atoms with E-state index in [2.05, 4.69) is 0 Å². The van der Waals surface area contributed by atoms with Crippen LogP contribution in [-0.4, -0.2) is 43.4 Å². The summed E-state index contributed by atoms with van der Waals surface area (Å²) in [6.45, 7) is -2.66. The molecule has 2 fully saturated rings. The third kappa shape index (κ3) is 1.27. The van der Waals surface area contributed by atoms with E-state index in [1.807, 2.05) is 0 Å². The van der Waals surface area contributed by atoms with Gasteiger partial charge in [0.15, 0.2) is 23.4 Å². The van der Waals surface area contributed by atoms with E-state index in [4.69, 9.17) is 23.2 Å². The Morgan fingerprint density at radius 3 is 3.36 bits per heavy atom. The fourth-order valence-corrected chi connectivity index (χ4v) is 4.68. The SMILES string of the molecule is [2H]C([2H])([2H])Oc1ccc2c3c1OC1C(=O)C([2H])([2H])C[C@H]4[C@H](N(C([2H])([2H])[2H])CC[C@]314)C2([2H])[2H]. The van der Waals surface area contributed by atoms with Crippen molar-refractivity contribution in [3.05, 3.63) is 23.3 Å². The number of ether oxygens (including phenoxy) is 2. The normalized spacial score (nSPS) is 50.9. The fourth-order valence-electron chi connectivity index (χ4n) is 4.68. The van der Waals surface area contributed by atoms with Gasteiger partial charge in [-0.15, -0.1) is 0 Å². The van der Waals surface area contributed by atoms with E-state index in [1.165, 1.54) is 12.1 Å². The molecular formula is C18H21NO3. The van der Waals surface area contributed by atoms with Gasteiger partial charge >= 0.3 is 0 Å². The first-order valence-corrected chi connectivity index (χ1v) is 7.36. The molecule has 5 rings (SSSR count). The van der Waals surface area contributed by atoms with E-state index in [9.17, 15) is 4.79 Å². The Hall–Kier alpha value is -1.55. The zero-order valence-electron chi connectivity index (χ0n) is 21.7. The lowest BCUT2D eigenvalue weighted by atomic mass is 9.52. The molecule has 0 amide bonds. The third-order valence-electron chi connectivity index (χ3n) is 5.58. The van der Waals surface area contributed by atoms with E-state index in [0.29, 0.717) is 5.56 Å². The van der Waals surface area contributed by atoms with E-state index in [1.54, 1.807) is 0 Å². The van der Waals surface area contributed by atoms with Crippen LogP contribution in [0, 0.1) is 5.92 Å². The van der Waals surface area contributed by atoms with Crippen molar-refractivity contribution >= 4 is 5.78 Å². The number of Topliss-reactive ketones (excluding diaryl/α,β-unsaturated/α-hetero) is 1. The van der Waals surface area contributed by atoms with Crippen molar-refractivity contribution in [2.24, 2.45) is 5.92 Å². The summed E-state index contributed by atoms with van der Waals surface area (Å²) in [4.78, 5) is 14.2. The lowest BCUT2D eigenvalue weighted by molar-refractivity contribution is -0.138. The first kappa shape index (κ1) is 6.52. The predicted octanol–water partition coefficient (Wildman–Crippen LogP) is 1.93. The number of ketones is 1. The molecule has 2 heterocycles. The molecule has 116 valence electrons. The smallest absolute Gasteiger partial charge is 0.174 e. The lowest BCUT2D eigenvalue weighted by Gasteiger charge is -2.57. The van der Waals surface area contributed by atoms with Gasteiger partial charge in [0.1, 0.15) is 0 Å². The van der Waals surface area contributed by atoms with Crippen LogP contribution in [0.3, 0.4) is 0 Å².